The minimum absolute atomic E-state index is 0.108. The SMILES string of the molecule is CC(C)(C)CCOC(=O)N1CC[C@]2(CC2C(Cc2ccc(N)c(Cl)c2)Cc2ccccc2F)C1. The molecule has 2 aromatic carbocycles. The van der Waals surface area contributed by atoms with Gasteiger partial charge in [0.2, 0.25) is 0 Å². The lowest BCUT2D eigenvalue weighted by molar-refractivity contribution is 0.0972. The van der Waals surface area contributed by atoms with Gasteiger partial charge >= 0.3 is 6.09 Å². The molecule has 2 aliphatic rings. The Kier molecular flexibility index (Phi) is 7.14. The van der Waals surface area contributed by atoms with E-state index in [4.69, 9.17) is 22.1 Å². The van der Waals surface area contributed by atoms with Gasteiger partial charge in [0.25, 0.3) is 0 Å². The van der Waals surface area contributed by atoms with Crippen LogP contribution in [0.1, 0.15) is 51.2 Å². The Bertz CT molecular complexity index is 1040. The van der Waals surface area contributed by atoms with Gasteiger partial charge in [0, 0.05) is 13.1 Å². The van der Waals surface area contributed by atoms with Gasteiger partial charge in [-0.1, -0.05) is 56.6 Å². The summed E-state index contributed by atoms with van der Waals surface area (Å²) in [6.07, 6.45) is 4.13. The van der Waals surface area contributed by atoms with Crippen molar-refractivity contribution in [2.45, 2.75) is 52.9 Å². The molecule has 0 bridgehead atoms. The van der Waals surface area contributed by atoms with Gasteiger partial charge in [0.15, 0.2) is 0 Å². The zero-order chi connectivity index (χ0) is 24.5. The van der Waals surface area contributed by atoms with Crippen molar-refractivity contribution in [3.8, 4) is 0 Å². The molecule has 1 amide bonds. The van der Waals surface area contributed by atoms with Crippen molar-refractivity contribution < 1.29 is 13.9 Å². The Labute approximate surface area is 207 Å². The van der Waals surface area contributed by atoms with Gasteiger partial charge in [-0.2, -0.15) is 0 Å². The van der Waals surface area contributed by atoms with E-state index in [1.54, 1.807) is 6.07 Å². The second kappa shape index (κ2) is 9.77. The molecule has 1 aliphatic heterocycles. The normalized spacial score (nSPS) is 22.7. The molecule has 34 heavy (non-hydrogen) atoms. The summed E-state index contributed by atoms with van der Waals surface area (Å²) in [5.41, 5.74) is 8.56. The van der Waals surface area contributed by atoms with Crippen LogP contribution in [0.15, 0.2) is 42.5 Å². The predicted octanol–water partition coefficient (Wildman–Crippen LogP) is 6.75. The molecule has 1 heterocycles. The third kappa shape index (κ3) is 5.86. The second-order valence-corrected chi connectivity index (χ2v) is 11.8. The fraction of sp³-hybridized carbons (Fsp3) is 0.536. The number of carbonyl (C=O) groups excluding carboxylic acids is 1. The molecule has 2 N–H and O–H groups in total. The van der Waals surface area contributed by atoms with Gasteiger partial charge in [-0.15, -0.1) is 0 Å². The largest absolute Gasteiger partial charge is 0.449 e. The number of amides is 1. The average Bonchev–Trinajstić information content (AvgIpc) is 3.29. The monoisotopic (exact) mass is 486 g/mol. The number of halogens is 2. The smallest absolute Gasteiger partial charge is 0.409 e. The average molecular weight is 487 g/mol. The van der Waals surface area contributed by atoms with Gasteiger partial charge < -0.3 is 15.4 Å². The number of hydrogen-bond acceptors (Lipinski definition) is 3. The molecule has 0 radical (unpaired) electrons. The van der Waals surface area contributed by atoms with E-state index in [0.717, 1.165) is 49.9 Å². The molecule has 1 saturated carbocycles. The lowest BCUT2D eigenvalue weighted by atomic mass is 9.84. The van der Waals surface area contributed by atoms with E-state index >= 15 is 0 Å². The lowest BCUT2D eigenvalue weighted by Gasteiger charge is -2.22. The number of likely N-dealkylation sites (tertiary alicyclic amines) is 1. The zero-order valence-electron chi connectivity index (χ0n) is 20.4. The quantitative estimate of drug-likeness (QED) is 0.440. The van der Waals surface area contributed by atoms with Crippen molar-refractivity contribution in [2.75, 3.05) is 25.4 Å². The molecule has 2 fully saturated rings. The first-order chi connectivity index (χ1) is 16.1. The Hall–Kier alpha value is -2.27. The minimum atomic E-state index is -0.206. The molecule has 2 aromatic rings. The van der Waals surface area contributed by atoms with Crippen molar-refractivity contribution in [1.82, 2.24) is 4.90 Å². The minimum Gasteiger partial charge on any atom is -0.449 e. The number of anilines is 1. The molecule has 1 saturated heterocycles. The number of hydrogen-bond donors (Lipinski definition) is 1. The summed E-state index contributed by atoms with van der Waals surface area (Å²) in [5.74, 6) is 0.525. The van der Waals surface area contributed by atoms with Crippen LogP contribution in [0.4, 0.5) is 14.9 Å². The van der Waals surface area contributed by atoms with Crippen LogP contribution in [0.2, 0.25) is 5.02 Å². The molecular formula is C28H36ClFN2O2. The van der Waals surface area contributed by atoms with E-state index in [1.165, 1.54) is 6.07 Å². The fourth-order valence-electron chi connectivity index (χ4n) is 5.41. The van der Waals surface area contributed by atoms with E-state index in [2.05, 4.69) is 20.8 Å². The highest BCUT2D eigenvalue weighted by Crippen LogP contribution is 2.62. The van der Waals surface area contributed by atoms with Gasteiger partial charge in [0.05, 0.1) is 17.3 Å². The van der Waals surface area contributed by atoms with Gasteiger partial charge in [-0.3, -0.25) is 0 Å². The van der Waals surface area contributed by atoms with Crippen LogP contribution in [0.5, 0.6) is 0 Å². The first kappa shape index (κ1) is 24.8. The maximum absolute atomic E-state index is 14.5. The number of rotatable bonds is 7. The predicted molar refractivity (Wildman–Crippen MR) is 135 cm³/mol. The number of carbonyl (C=O) groups is 1. The molecule has 4 nitrogen and oxygen atoms in total. The van der Waals surface area contributed by atoms with Crippen molar-refractivity contribution >= 4 is 23.4 Å². The standard InChI is InChI=1S/C28H36ClFN2O2/c1-27(2,3)11-13-34-26(33)32-12-10-28(18-32)17-22(28)21(16-20-6-4-5-7-24(20)30)14-19-8-9-25(31)23(29)15-19/h4-9,15,21-22H,10-14,16-18,31H2,1-3H3/t21?,22?,28-/m0/s1. The van der Waals surface area contributed by atoms with Crippen molar-refractivity contribution in [2.24, 2.45) is 22.7 Å². The Morgan fingerprint density at radius 3 is 2.74 bits per heavy atom. The number of nitrogens with two attached hydrogens (primary N) is 1. The summed E-state index contributed by atoms with van der Waals surface area (Å²) < 4.78 is 20.1. The summed E-state index contributed by atoms with van der Waals surface area (Å²) in [6, 6.07) is 12.8. The molecule has 1 spiro atoms. The summed E-state index contributed by atoms with van der Waals surface area (Å²) in [5, 5.41) is 0.553. The van der Waals surface area contributed by atoms with Crippen LogP contribution in [0.25, 0.3) is 0 Å². The van der Waals surface area contributed by atoms with Crippen molar-refractivity contribution in [3.63, 3.8) is 0 Å². The highest BCUT2D eigenvalue weighted by atomic mass is 35.5. The van der Waals surface area contributed by atoms with Crippen LogP contribution in [-0.2, 0) is 17.6 Å². The summed E-state index contributed by atoms with van der Waals surface area (Å²) in [4.78, 5) is 14.5. The first-order valence-corrected chi connectivity index (χ1v) is 12.6. The van der Waals surface area contributed by atoms with E-state index in [9.17, 15) is 9.18 Å². The van der Waals surface area contributed by atoms with E-state index in [0.29, 0.717) is 29.7 Å². The van der Waals surface area contributed by atoms with Crippen LogP contribution < -0.4 is 5.73 Å². The highest BCUT2D eigenvalue weighted by molar-refractivity contribution is 6.33. The molecule has 4 rings (SSSR count). The third-order valence-electron chi connectivity index (χ3n) is 7.55. The fourth-order valence-corrected chi connectivity index (χ4v) is 5.61. The Morgan fingerprint density at radius 1 is 1.26 bits per heavy atom. The van der Waals surface area contributed by atoms with Crippen LogP contribution in [0, 0.1) is 28.5 Å². The lowest BCUT2D eigenvalue weighted by Crippen LogP contribution is -2.31. The topological polar surface area (TPSA) is 55.6 Å². The number of nitrogens with zero attached hydrogens (tertiary/aromatic N) is 1. The second-order valence-electron chi connectivity index (χ2n) is 11.4. The van der Waals surface area contributed by atoms with Crippen molar-refractivity contribution in [3.05, 3.63) is 64.4 Å². The third-order valence-corrected chi connectivity index (χ3v) is 7.87. The number of nitrogen functional groups attached to an aromatic ring is 1. The summed E-state index contributed by atoms with van der Waals surface area (Å²) in [7, 11) is 0. The molecule has 3 atom stereocenters. The Balaban J connectivity index is 1.44. The molecule has 2 unspecified atom stereocenters. The van der Waals surface area contributed by atoms with Crippen LogP contribution in [-0.4, -0.2) is 30.7 Å². The zero-order valence-corrected chi connectivity index (χ0v) is 21.2. The number of benzene rings is 2. The van der Waals surface area contributed by atoms with Crippen LogP contribution in [0.3, 0.4) is 0 Å². The Morgan fingerprint density at radius 2 is 2.03 bits per heavy atom. The van der Waals surface area contributed by atoms with Gasteiger partial charge in [-0.05, 0) is 84.1 Å². The summed E-state index contributed by atoms with van der Waals surface area (Å²) >= 11 is 6.28. The van der Waals surface area contributed by atoms with E-state index in [1.807, 2.05) is 35.2 Å². The van der Waals surface area contributed by atoms with Crippen LogP contribution >= 0.6 is 11.6 Å². The number of ether oxygens (including phenoxy) is 1. The van der Waals surface area contributed by atoms with Gasteiger partial charge in [-0.25, -0.2) is 9.18 Å². The van der Waals surface area contributed by atoms with E-state index < -0.39 is 0 Å². The molecular weight excluding hydrogens is 451 g/mol. The van der Waals surface area contributed by atoms with Crippen molar-refractivity contribution in [1.29, 1.82) is 0 Å². The maximum Gasteiger partial charge on any atom is 0.409 e. The molecule has 6 heteroatoms. The molecule has 184 valence electrons. The first-order valence-electron chi connectivity index (χ1n) is 12.3. The van der Waals surface area contributed by atoms with E-state index in [-0.39, 0.29) is 28.7 Å². The molecule has 1 aliphatic carbocycles. The highest BCUT2D eigenvalue weighted by Gasteiger charge is 2.60. The molecule has 0 aromatic heterocycles. The summed E-state index contributed by atoms with van der Waals surface area (Å²) in [6.45, 7) is 8.33. The maximum atomic E-state index is 14.5. The van der Waals surface area contributed by atoms with Gasteiger partial charge in [0.1, 0.15) is 5.82 Å².